The van der Waals surface area contributed by atoms with Crippen molar-refractivity contribution in [2.24, 2.45) is 0 Å². The summed E-state index contributed by atoms with van der Waals surface area (Å²) >= 11 is 0. The Balaban J connectivity index is 1.59. The second kappa shape index (κ2) is 8.92. The third-order valence-corrected chi connectivity index (χ3v) is 5.31. The molecule has 0 bridgehead atoms. The van der Waals surface area contributed by atoms with Gasteiger partial charge in [0.1, 0.15) is 5.82 Å². The molecule has 1 heterocycles. The van der Waals surface area contributed by atoms with Gasteiger partial charge in [0, 0.05) is 18.7 Å². The largest absolute Gasteiger partial charge is 0.354 e. The number of carbonyl (C=O) groups excluding carboxylic acids is 2. The summed E-state index contributed by atoms with van der Waals surface area (Å²) in [5, 5.41) is 11.9. The lowest BCUT2D eigenvalue weighted by Gasteiger charge is -2.08. The number of rotatable bonds is 7. The van der Waals surface area contributed by atoms with Crippen LogP contribution in [0.1, 0.15) is 17.5 Å². The van der Waals surface area contributed by atoms with Gasteiger partial charge in [-0.2, -0.15) is 5.10 Å². The van der Waals surface area contributed by atoms with Gasteiger partial charge in [0.25, 0.3) is 11.8 Å². The van der Waals surface area contributed by atoms with Crippen LogP contribution >= 0.6 is 0 Å². The summed E-state index contributed by atoms with van der Waals surface area (Å²) in [4.78, 5) is 23.8. The molecule has 1 aliphatic carbocycles. The highest BCUT2D eigenvalue weighted by atomic mass is 16.2. The van der Waals surface area contributed by atoms with E-state index in [2.05, 4.69) is 28.8 Å². The summed E-state index contributed by atoms with van der Waals surface area (Å²) in [6.07, 6.45) is 3.44. The molecule has 30 heavy (non-hydrogen) atoms. The van der Waals surface area contributed by atoms with E-state index in [1.165, 1.54) is 17.5 Å². The fourth-order valence-corrected chi connectivity index (χ4v) is 3.74. The summed E-state index contributed by atoms with van der Waals surface area (Å²) in [6.45, 7) is 0.365. The smallest absolute Gasteiger partial charge is 0.280 e. The Morgan fingerprint density at radius 2 is 1.77 bits per heavy atom. The Labute approximate surface area is 175 Å². The Hall–Kier alpha value is -3.45. The Morgan fingerprint density at radius 3 is 2.57 bits per heavy atom. The maximum absolute atomic E-state index is 12.4. The van der Waals surface area contributed by atoms with E-state index in [0.717, 1.165) is 29.8 Å². The molecule has 1 aliphatic rings. The van der Waals surface area contributed by atoms with E-state index in [9.17, 15) is 9.59 Å². The third kappa shape index (κ3) is 4.41. The average molecular weight is 404 g/mol. The number of aryl methyl sites for hydroxylation is 2. The van der Waals surface area contributed by atoms with Gasteiger partial charge >= 0.3 is 0 Å². The van der Waals surface area contributed by atoms with Crippen LogP contribution in [0.3, 0.4) is 0 Å². The van der Waals surface area contributed by atoms with Crippen molar-refractivity contribution in [2.75, 3.05) is 25.5 Å². The number of amides is 2. The van der Waals surface area contributed by atoms with Gasteiger partial charge in [-0.25, -0.2) is 4.68 Å². The van der Waals surface area contributed by atoms with Gasteiger partial charge in [-0.1, -0.05) is 30.3 Å². The molecule has 7 nitrogen and oxygen atoms in total. The van der Waals surface area contributed by atoms with Crippen LogP contribution in [0.2, 0.25) is 0 Å². The van der Waals surface area contributed by atoms with E-state index in [4.69, 9.17) is 5.10 Å². The van der Waals surface area contributed by atoms with Crippen molar-refractivity contribution in [1.82, 2.24) is 15.1 Å². The van der Waals surface area contributed by atoms with Crippen molar-refractivity contribution in [3.05, 3.63) is 65.7 Å². The van der Waals surface area contributed by atoms with Gasteiger partial charge in [0.15, 0.2) is 13.1 Å². The molecular weight excluding hydrogens is 378 g/mol. The number of fused-ring (bicyclic) bond motifs is 1. The molecule has 0 saturated carbocycles. The molecule has 0 atom stereocenters. The molecular formula is C23H26N5O2+. The first kappa shape index (κ1) is 19.8. The average Bonchev–Trinajstić information content (AvgIpc) is 3.40. The first-order chi connectivity index (χ1) is 14.6. The first-order valence-corrected chi connectivity index (χ1v) is 10.2. The summed E-state index contributed by atoms with van der Waals surface area (Å²) in [5.74, 6) is 0.308. The minimum Gasteiger partial charge on any atom is -0.354 e. The normalized spacial score (nSPS) is 12.4. The second-order valence-electron chi connectivity index (χ2n) is 7.42. The molecule has 2 aromatic carbocycles. The summed E-state index contributed by atoms with van der Waals surface area (Å²) in [7, 11) is 1.58. The monoisotopic (exact) mass is 404 g/mol. The maximum atomic E-state index is 12.4. The van der Waals surface area contributed by atoms with Crippen molar-refractivity contribution >= 4 is 17.6 Å². The minimum absolute atomic E-state index is 0.115. The first-order valence-electron chi connectivity index (χ1n) is 10.2. The van der Waals surface area contributed by atoms with E-state index in [1.807, 2.05) is 36.4 Å². The highest BCUT2D eigenvalue weighted by Crippen LogP contribution is 2.29. The SMILES string of the molecule is CNC(=O)C[NH2+]CC(=O)Nc1cc(-c2ccc3c(c2)CCC3)nn1-c1ccccc1. The molecule has 0 unspecified atom stereocenters. The van der Waals surface area contributed by atoms with Crippen LogP contribution in [0, 0.1) is 0 Å². The van der Waals surface area contributed by atoms with E-state index in [0.29, 0.717) is 5.82 Å². The number of aromatic nitrogens is 2. The van der Waals surface area contributed by atoms with Crippen LogP contribution < -0.4 is 16.0 Å². The van der Waals surface area contributed by atoms with Crippen molar-refractivity contribution < 1.29 is 14.9 Å². The van der Waals surface area contributed by atoms with Crippen molar-refractivity contribution in [2.45, 2.75) is 19.3 Å². The second-order valence-corrected chi connectivity index (χ2v) is 7.42. The lowest BCUT2D eigenvalue weighted by molar-refractivity contribution is -0.632. The molecule has 7 heteroatoms. The summed E-state index contributed by atoms with van der Waals surface area (Å²) in [6, 6.07) is 18.1. The van der Waals surface area contributed by atoms with E-state index in [-0.39, 0.29) is 24.9 Å². The molecule has 3 aromatic rings. The van der Waals surface area contributed by atoms with Crippen LogP contribution in [0.4, 0.5) is 5.82 Å². The minimum atomic E-state index is -0.184. The predicted molar refractivity (Wildman–Crippen MR) is 115 cm³/mol. The number of nitrogens with zero attached hydrogens (tertiary/aromatic N) is 2. The molecule has 0 spiro atoms. The number of anilines is 1. The van der Waals surface area contributed by atoms with Crippen LogP contribution in [-0.2, 0) is 22.4 Å². The summed E-state index contributed by atoms with van der Waals surface area (Å²) < 4.78 is 1.75. The number of likely N-dealkylation sites (N-methyl/N-ethyl adjacent to an activating group) is 1. The zero-order valence-electron chi connectivity index (χ0n) is 17.0. The van der Waals surface area contributed by atoms with Crippen LogP contribution in [0.25, 0.3) is 16.9 Å². The van der Waals surface area contributed by atoms with Crippen molar-refractivity contribution in [1.29, 1.82) is 0 Å². The van der Waals surface area contributed by atoms with Crippen LogP contribution in [-0.4, -0.2) is 41.7 Å². The zero-order valence-corrected chi connectivity index (χ0v) is 17.0. The maximum Gasteiger partial charge on any atom is 0.280 e. The lowest BCUT2D eigenvalue weighted by atomic mass is 10.0. The van der Waals surface area contributed by atoms with Gasteiger partial charge in [0.05, 0.1) is 11.4 Å². The number of para-hydroxylation sites is 1. The number of nitrogens with two attached hydrogens (primary N) is 1. The fraction of sp³-hybridized carbons (Fsp3) is 0.261. The van der Waals surface area contributed by atoms with E-state index in [1.54, 1.807) is 17.0 Å². The highest BCUT2D eigenvalue weighted by Gasteiger charge is 2.17. The van der Waals surface area contributed by atoms with E-state index >= 15 is 0 Å². The predicted octanol–water partition coefficient (Wildman–Crippen LogP) is 1.28. The van der Waals surface area contributed by atoms with Gasteiger partial charge < -0.3 is 16.0 Å². The Morgan fingerprint density at radius 1 is 1.00 bits per heavy atom. The summed E-state index contributed by atoms with van der Waals surface area (Å²) in [5.41, 5.74) is 5.54. The van der Waals surface area contributed by atoms with Gasteiger partial charge in [-0.15, -0.1) is 0 Å². The molecule has 4 rings (SSSR count). The zero-order chi connectivity index (χ0) is 20.9. The number of quaternary nitrogens is 1. The highest BCUT2D eigenvalue weighted by molar-refractivity contribution is 5.91. The number of hydrogen-bond donors (Lipinski definition) is 3. The molecule has 0 aliphatic heterocycles. The standard InChI is InChI=1S/C23H25N5O2/c1-24-22(29)14-25-15-23(30)26-21-13-20(27-28(21)19-8-3-2-4-9-19)18-11-10-16-6-5-7-17(16)12-18/h2-4,8-13,25H,5-7,14-15H2,1H3,(H,24,29)(H,26,30)/p+1. The van der Waals surface area contributed by atoms with Crippen LogP contribution in [0.15, 0.2) is 54.6 Å². The van der Waals surface area contributed by atoms with Crippen molar-refractivity contribution in [3.63, 3.8) is 0 Å². The quantitative estimate of drug-likeness (QED) is 0.554. The fourth-order valence-electron chi connectivity index (χ4n) is 3.74. The van der Waals surface area contributed by atoms with Gasteiger partial charge in [-0.05, 0) is 48.6 Å². The third-order valence-electron chi connectivity index (χ3n) is 5.31. The number of carbonyl (C=O) groups is 2. The van der Waals surface area contributed by atoms with Crippen molar-refractivity contribution in [3.8, 4) is 16.9 Å². The molecule has 2 amide bonds. The topological polar surface area (TPSA) is 92.6 Å². The Kier molecular flexibility index (Phi) is 5.90. The number of nitrogens with one attached hydrogen (secondary N) is 2. The number of hydrogen-bond acceptors (Lipinski definition) is 3. The van der Waals surface area contributed by atoms with E-state index < -0.39 is 0 Å². The number of benzene rings is 2. The van der Waals surface area contributed by atoms with Gasteiger partial charge in [0.2, 0.25) is 0 Å². The van der Waals surface area contributed by atoms with Gasteiger partial charge in [-0.3, -0.25) is 9.59 Å². The molecule has 0 radical (unpaired) electrons. The molecule has 0 fully saturated rings. The Bertz CT molecular complexity index is 1060. The molecule has 0 saturated heterocycles. The molecule has 154 valence electrons. The lowest BCUT2D eigenvalue weighted by Crippen LogP contribution is -2.88. The van der Waals surface area contributed by atoms with Crippen LogP contribution in [0.5, 0.6) is 0 Å². The molecule has 4 N–H and O–H groups in total. The molecule has 1 aromatic heterocycles.